The molecule has 1 amide bonds. The van der Waals surface area contributed by atoms with Gasteiger partial charge < -0.3 is 19.5 Å². The Bertz CT molecular complexity index is 1150. The normalized spacial score (nSPS) is 18.9. The molecule has 3 aromatic rings. The van der Waals surface area contributed by atoms with Crippen molar-refractivity contribution in [1.29, 1.82) is 0 Å². The van der Waals surface area contributed by atoms with Gasteiger partial charge in [-0.3, -0.25) is 9.59 Å². The average Bonchev–Trinajstić information content (AvgIpc) is 2.74. The summed E-state index contributed by atoms with van der Waals surface area (Å²) in [5.74, 6) is -0.520. The number of rotatable bonds is 5. The standard InChI is InChI=1S/C24H26FN3O3/c1-16-13-28(14-17(2)31-16)22-8-7-18(11-20(22)25)12-26-24(30)15-27-10-9-23(29)19-5-3-4-6-21(19)27/h3-11,16-17H,12-15H2,1-2H3,(H,26,30). The Labute approximate surface area is 180 Å². The fraction of sp³-hybridized carbons (Fsp3) is 0.333. The molecule has 31 heavy (non-hydrogen) atoms. The van der Waals surface area contributed by atoms with E-state index < -0.39 is 0 Å². The van der Waals surface area contributed by atoms with E-state index in [0.29, 0.717) is 35.2 Å². The number of halogens is 1. The maximum atomic E-state index is 14.7. The number of hydrogen-bond donors (Lipinski definition) is 1. The largest absolute Gasteiger partial charge is 0.372 e. The number of fused-ring (bicyclic) bond motifs is 1. The molecule has 4 rings (SSSR count). The third-order valence-electron chi connectivity index (χ3n) is 5.46. The summed E-state index contributed by atoms with van der Waals surface area (Å²) in [6.45, 7) is 5.55. The van der Waals surface area contributed by atoms with Crippen LogP contribution in [0.15, 0.2) is 59.5 Å². The van der Waals surface area contributed by atoms with Crippen LogP contribution in [0.2, 0.25) is 0 Å². The van der Waals surface area contributed by atoms with E-state index in [-0.39, 0.29) is 42.5 Å². The zero-order valence-electron chi connectivity index (χ0n) is 17.7. The number of carbonyl (C=O) groups excluding carboxylic acids is 1. The van der Waals surface area contributed by atoms with Gasteiger partial charge in [0, 0.05) is 37.3 Å². The summed E-state index contributed by atoms with van der Waals surface area (Å²) in [5.41, 5.74) is 1.87. The molecular weight excluding hydrogens is 397 g/mol. The second kappa shape index (κ2) is 8.89. The molecule has 162 valence electrons. The van der Waals surface area contributed by atoms with Crippen molar-refractivity contribution in [1.82, 2.24) is 9.88 Å². The first-order valence-electron chi connectivity index (χ1n) is 10.4. The minimum atomic E-state index is -0.306. The summed E-state index contributed by atoms with van der Waals surface area (Å²) < 4.78 is 22.2. The summed E-state index contributed by atoms with van der Waals surface area (Å²) in [4.78, 5) is 26.4. The minimum absolute atomic E-state index is 0.0476. The number of amides is 1. The number of hydrogen-bond acceptors (Lipinski definition) is 4. The lowest BCUT2D eigenvalue weighted by atomic mass is 10.1. The van der Waals surface area contributed by atoms with Crippen LogP contribution in [0.3, 0.4) is 0 Å². The van der Waals surface area contributed by atoms with Crippen LogP contribution >= 0.6 is 0 Å². The van der Waals surface area contributed by atoms with Gasteiger partial charge in [0.25, 0.3) is 0 Å². The Morgan fingerprint density at radius 1 is 1.13 bits per heavy atom. The summed E-state index contributed by atoms with van der Waals surface area (Å²) >= 11 is 0. The summed E-state index contributed by atoms with van der Waals surface area (Å²) in [5, 5.41) is 3.40. The molecule has 2 heterocycles. The smallest absolute Gasteiger partial charge is 0.240 e. The van der Waals surface area contributed by atoms with Gasteiger partial charge in [0.05, 0.1) is 23.4 Å². The van der Waals surface area contributed by atoms with E-state index in [4.69, 9.17) is 4.74 Å². The number of aromatic nitrogens is 1. The highest BCUT2D eigenvalue weighted by Gasteiger charge is 2.24. The molecule has 1 N–H and O–H groups in total. The molecule has 1 aromatic heterocycles. The Hall–Kier alpha value is -3.19. The minimum Gasteiger partial charge on any atom is -0.372 e. The van der Waals surface area contributed by atoms with E-state index in [1.54, 1.807) is 29.0 Å². The number of nitrogens with one attached hydrogen (secondary N) is 1. The molecule has 1 aliphatic rings. The lowest BCUT2D eigenvalue weighted by Gasteiger charge is -2.37. The second-order valence-corrected chi connectivity index (χ2v) is 8.05. The summed E-state index contributed by atoms with van der Waals surface area (Å²) in [7, 11) is 0. The lowest BCUT2D eigenvalue weighted by Crippen LogP contribution is -2.45. The van der Waals surface area contributed by atoms with E-state index in [2.05, 4.69) is 5.32 Å². The second-order valence-electron chi connectivity index (χ2n) is 8.05. The summed E-state index contributed by atoms with van der Waals surface area (Å²) in [6, 6.07) is 13.7. The highest BCUT2D eigenvalue weighted by Crippen LogP contribution is 2.24. The van der Waals surface area contributed by atoms with E-state index in [9.17, 15) is 14.0 Å². The molecule has 2 atom stereocenters. The molecule has 2 unspecified atom stereocenters. The van der Waals surface area contributed by atoms with Crippen molar-refractivity contribution in [3.05, 3.63) is 76.3 Å². The van der Waals surface area contributed by atoms with E-state index >= 15 is 0 Å². The van der Waals surface area contributed by atoms with Gasteiger partial charge in [0.2, 0.25) is 5.91 Å². The number of ether oxygens (including phenoxy) is 1. The fourth-order valence-electron chi connectivity index (χ4n) is 4.10. The fourth-order valence-corrected chi connectivity index (χ4v) is 4.10. The van der Waals surface area contributed by atoms with Gasteiger partial charge >= 0.3 is 0 Å². The van der Waals surface area contributed by atoms with Gasteiger partial charge in [-0.1, -0.05) is 18.2 Å². The highest BCUT2D eigenvalue weighted by atomic mass is 19.1. The summed E-state index contributed by atoms with van der Waals surface area (Å²) in [6.07, 6.45) is 1.71. The number of benzene rings is 2. The van der Waals surface area contributed by atoms with Crippen molar-refractivity contribution < 1.29 is 13.9 Å². The zero-order chi connectivity index (χ0) is 22.0. The molecule has 0 spiro atoms. The van der Waals surface area contributed by atoms with Crippen LogP contribution in [0, 0.1) is 5.82 Å². The van der Waals surface area contributed by atoms with Crippen molar-refractivity contribution in [2.45, 2.75) is 39.1 Å². The topological polar surface area (TPSA) is 63.6 Å². The number of carbonyl (C=O) groups is 1. The number of nitrogens with zero attached hydrogens (tertiary/aromatic N) is 2. The van der Waals surface area contributed by atoms with Gasteiger partial charge in [-0.15, -0.1) is 0 Å². The van der Waals surface area contributed by atoms with Gasteiger partial charge in [0.15, 0.2) is 5.43 Å². The third kappa shape index (κ3) is 4.77. The predicted molar refractivity (Wildman–Crippen MR) is 119 cm³/mol. The Morgan fingerprint density at radius 2 is 1.87 bits per heavy atom. The van der Waals surface area contributed by atoms with Gasteiger partial charge in [0.1, 0.15) is 12.4 Å². The highest BCUT2D eigenvalue weighted by molar-refractivity contribution is 5.82. The molecule has 0 bridgehead atoms. The maximum absolute atomic E-state index is 14.7. The van der Waals surface area contributed by atoms with Crippen LogP contribution < -0.4 is 15.6 Å². The zero-order valence-corrected chi connectivity index (χ0v) is 17.7. The molecule has 7 heteroatoms. The SMILES string of the molecule is CC1CN(c2ccc(CNC(=O)Cn3ccc(=O)c4ccccc43)cc2F)CC(C)O1. The first-order chi connectivity index (χ1) is 14.9. The van der Waals surface area contributed by atoms with E-state index in [1.165, 1.54) is 12.1 Å². The molecule has 1 saturated heterocycles. The molecule has 1 fully saturated rings. The molecule has 2 aromatic carbocycles. The third-order valence-corrected chi connectivity index (χ3v) is 5.46. The van der Waals surface area contributed by atoms with Crippen LogP contribution in [-0.2, 0) is 22.6 Å². The monoisotopic (exact) mass is 423 g/mol. The lowest BCUT2D eigenvalue weighted by molar-refractivity contribution is -0.121. The van der Waals surface area contributed by atoms with E-state index in [0.717, 1.165) is 0 Å². The van der Waals surface area contributed by atoms with Crippen molar-refractivity contribution in [2.75, 3.05) is 18.0 Å². The molecule has 0 aliphatic carbocycles. The Morgan fingerprint density at radius 3 is 2.61 bits per heavy atom. The number of anilines is 1. The van der Waals surface area contributed by atoms with Crippen LogP contribution in [0.5, 0.6) is 0 Å². The van der Waals surface area contributed by atoms with Crippen LogP contribution in [-0.4, -0.2) is 35.8 Å². The van der Waals surface area contributed by atoms with Crippen molar-refractivity contribution >= 4 is 22.5 Å². The van der Waals surface area contributed by atoms with Crippen LogP contribution in [0.4, 0.5) is 10.1 Å². The van der Waals surface area contributed by atoms with Gasteiger partial charge in [-0.2, -0.15) is 0 Å². The Kier molecular flexibility index (Phi) is 6.04. The maximum Gasteiger partial charge on any atom is 0.240 e. The molecular formula is C24H26FN3O3. The van der Waals surface area contributed by atoms with Crippen LogP contribution in [0.25, 0.3) is 10.9 Å². The first-order valence-corrected chi connectivity index (χ1v) is 10.4. The quantitative estimate of drug-likeness (QED) is 0.685. The molecule has 0 saturated carbocycles. The van der Waals surface area contributed by atoms with Gasteiger partial charge in [-0.25, -0.2) is 4.39 Å². The van der Waals surface area contributed by atoms with Gasteiger partial charge in [-0.05, 0) is 43.7 Å². The number of morpholine rings is 1. The average molecular weight is 423 g/mol. The molecule has 6 nitrogen and oxygen atoms in total. The van der Waals surface area contributed by atoms with Crippen molar-refractivity contribution in [3.8, 4) is 0 Å². The van der Waals surface area contributed by atoms with E-state index in [1.807, 2.05) is 36.9 Å². The predicted octanol–water partition coefficient (Wildman–Crippen LogP) is 3.07. The van der Waals surface area contributed by atoms with Crippen molar-refractivity contribution in [2.24, 2.45) is 0 Å². The molecule has 0 radical (unpaired) electrons. The Balaban J connectivity index is 1.41. The number of para-hydroxylation sites is 1. The number of pyridine rings is 1. The molecule has 1 aliphatic heterocycles. The van der Waals surface area contributed by atoms with Crippen molar-refractivity contribution in [3.63, 3.8) is 0 Å². The first kappa shape index (κ1) is 21.1. The van der Waals surface area contributed by atoms with Crippen LogP contribution in [0.1, 0.15) is 19.4 Å².